The highest BCUT2D eigenvalue weighted by atomic mass is 16.5. The van der Waals surface area contributed by atoms with Gasteiger partial charge in [0, 0.05) is 46.4 Å². The molecule has 1 saturated carbocycles. The van der Waals surface area contributed by atoms with Crippen molar-refractivity contribution >= 4 is 5.96 Å². The number of guanidine groups is 1. The summed E-state index contributed by atoms with van der Waals surface area (Å²) in [6, 6.07) is 0.312. The molecule has 8 heteroatoms. The SMILES string of the molecule is CCNC(=NCC1(CCOC)CC1)NC1CCc2nc(COC)nn2C1. The van der Waals surface area contributed by atoms with Crippen molar-refractivity contribution in [3.63, 3.8) is 0 Å². The van der Waals surface area contributed by atoms with Crippen LogP contribution in [0.5, 0.6) is 0 Å². The number of hydrogen-bond donors (Lipinski definition) is 2. The van der Waals surface area contributed by atoms with E-state index in [2.05, 4.69) is 27.6 Å². The highest BCUT2D eigenvalue weighted by Crippen LogP contribution is 2.48. The van der Waals surface area contributed by atoms with Gasteiger partial charge >= 0.3 is 0 Å². The Balaban J connectivity index is 1.57. The van der Waals surface area contributed by atoms with Crippen LogP contribution < -0.4 is 10.6 Å². The zero-order valence-electron chi connectivity index (χ0n) is 16.3. The lowest BCUT2D eigenvalue weighted by atomic mass is 10.0. The molecule has 1 aliphatic carbocycles. The number of hydrogen-bond acceptors (Lipinski definition) is 5. The van der Waals surface area contributed by atoms with Crippen LogP contribution in [0.3, 0.4) is 0 Å². The molecule has 26 heavy (non-hydrogen) atoms. The fourth-order valence-corrected chi connectivity index (χ4v) is 3.41. The van der Waals surface area contributed by atoms with Gasteiger partial charge in [-0.2, -0.15) is 5.10 Å². The second kappa shape index (κ2) is 8.81. The van der Waals surface area contributed by atoms with Gasteiger partial charge in [0.05, 0.1) is 6.54 Å². The summed E-state index contributed by atoms with van der Waals surface area (Å²) in [5.74, 6) is 2.72. The fourth-order valence-electron chi connectivity index (χ4n) is 3.41. The molecule has 0 saturated heterocycles. The normalized spacial score (nSPS) is 21.3. The van der Waals surface area contributed by atoms with Gasteiger partial charge in [-0.15, -0.1) is 0 Å². The van der Waals surface area contributed by atoms with E-state index in [4.69, 9.17) is 14.5 Å². The van der Waals surface area contributed by atoms with E-state index in [1.807, 2.05) is 4.68 Å². The Morgan fingerprint density at radius 1 is 1.35 bits per heavy atom. The van der Waals surface area contributed by atoms with E-state index in [-0.39, 0.29) is 0 Å². The average molecular weight is 364 g/mol. The van der Waals surface area contributed by atoms with Crippen molar-refractivity contribution in [1.29, 1.82) is 0 Å². The Morgan fingerprint density at radius 3 is 2.88 bits per heavy atom. The number of aromatic nitrogens is 3. The number of nitrogens with zero attached hydrogens (tertiary/aromatic N) is 4. The first kappa shape index (κ1) is 19.1. The van der Waals surface area contributed by atoms with Crippen LogP contribution in [0.2, 0.25) is 0 Å². The lowest BCUT2D eigenvalue weighted by Crippen LogP contribution is -2.47. The maximum atomic E-state index is 5.24. The van der Waals surface area contributed by atoms with Crippen LogP contribution in [-0.2, 0) is 29.0 Å². The molecule has 1 aromatic heterocycles. The molecule has 2 heterocycles. The molecule has 0 amide bonds. The van der Waals surface area contributed by atoms with Crippen LogP contribution in [0.15, 0.2) is 4.99 Å². The third-order valence-electron chi connectivity index (χ3n) is 5.23. The minimum absolute atomic E-state index is 0.312. The van der Waals surface area contributed by atoms with Gasteiger partial charge in [-0.05, 0) is 38.0 Å². The van der Waals surface area contributed by atoms with Gasteiger partial charge in [-0.1, -0.05) is 0 Å². The van der Waals surface area contributed by atoms with E-state index in [0.717, 1.165) is 63.1 Å². The van der Waals surface area contributed by atoms with E-state index >= 15 is 0 Å². The first-order valence-electron chi connectivity index (χ1n) is 9.63. The smallest absolute Gasteiger partial charge is 0.191 e. The van der Waals surface area contributed by atoms with Gasteiger partial charge in [0.1, 0.15) is 12.4 Å². The van der Waals surface area contributed by atoms with Crippen molar-refractivity contribution < 1.29 is 9.47 Å². The molecule has 1 aromatic rings. The summed E-state index contributed by atoms with van der Waals surface area (Å²) in [7, 11) is 3.44. The van der Waals surface area contributed by atoms with Gasteiger partial charge in [-0.3, -0.25) is 4.99 Å². The molecule has 1 fully saturated rings. The second-order valence-corrected chi connectivity index (χ2v) is 7.38. The molecule has 2 N–H and O–H groups in total. The molecular weight excluding hydrogens is 332 g/mol. The summed E-state index contributed by atoms with van der Waals surface area (Å²) < 4.78 is 12.4. The van der Waals surface area contributed by atoms with Crippen molar-refractivity contribution in [2.45, 2.75) is 58.2 Å². The lowest BCUT2D eigenvalue weighted by molar-refractivity contribution is 0.174. The Morgan fingerprint density at radius 2 is 2.19 bits per heavy atom. The van der Waals surface area contributed by atoms with Crippen molar-refractivity contribution in [3.05, 3.63) is 11.6 Å². The van der Waals surface area contributed by atoms with Crippen LogP contribution in [0.1, 0.15) is 44.3 Å². The lowest BCUT2D eigenvalue weighted by Gasteiger charge is -2.25. The monoisotopic (exact) mass is 364 g/mol. The quantitative estimate of drug-likeness (QED) is 0.504. The van der Waals surface area contributed by atoms with E-state index in [9.17, 15) is 0 Å². The fraction of sp³-hybridized carbons (Fsp3) is 0.833. The van der Waals surface area contributed by atoms with E-state index in [1.54, 1.807) is 14.2 Å². The Hall–Kier alpha value is -1.67. The summed E-state index contributed by atoms with van der Waals surface area (Å²) in [6.45, 7) is 5.92. The second-order valence-electron chi connectivity index (χ2n) is 7.38. The predicted octanol–water partition coefficient (Wildman–Crippen LogP) is 1.11. The number of ether oxygens (including phenoxy) is 2. The Bertz CT molecular complexity index is 611. The summed E-state index contributed by atoms with van der Waals surface area (Å²) >= 11 is 0. The van der Waals surface area contributed by atoms with Crippen molar-refractivity contribution in [2.24, 2.45) is 10.4 Å². The summed E-state index contributed by atoms with van der Waals surface area (Å²) in [6.07, 6.45) is 5.57. The van der Waals surface area contributed by atoms with Crippen molar-refractivity contribution in [2.75, 3.05) is 33.9 Å². The molecule has 146 valence electrons. The van der Waals surface area contributed by atoms with Crippen LogP contribution in [0.25, 0.3) is 0 Å². The highest BCUT2D eigenvalue weighted by Gasteiger charge is 2.41. The molecule has 0 bridgehead atoms. The predicted molar refractivity (Wildman–Crippen MR) is 100 cm³/mol. The molecule has 0 radical (unpaired) electrons. The average Bonchev–Trinajstić information content (AvgIpc) is 3.30. The first-order valence-corrected chi connectivity index (χ1v) is 9.63. The zero-order chi connectivity index (χ0) is 18.4. The minimum atomic E-state index is 0.312. The molecule has 1 aliphatic heterocycles. The van der Waals surface area contributed by atoms with Crippen LogP contribution in [0, 0.1) is 5.41 Å². The first-order chi connectivity index (χ1) is 12.7. The summed E-state index contributed by atoms with van der Waals surface area (Å²) in [4.78, 5) is 9.40. The number of aliphatic imine (C=N–C) groups is 1. The Labute approximate surface area is 155 Å². The molecule has 0 spiro atoms. The molecule has 1 atom stereocenters. The van der Waals surface area contributed by atoms with Gasteiger partial charge in [0.15, 0.2) is 11.8 Å². The number of nitrogens with one attached hydrogen (secondary N) is 2. The van der Waals surface area contributed by atoms with Gasteiger partial charge in [-0.25, -0.2) is 9.67 Å². The van der Waals surface area contributed by atoms with Crippen molar-refractivity contribution in [1.82, 2.24) is 25.4 Å². The molecule has 3 rings (SSSR count). The molecule has 2 aliphatic rings. The van der Waals surface area contributed by atoms with E-state index in [0.29, 0.717) is 18.1 Å². The van der Waals surface area contributed by atoms with Crippen LogP contribution >= 0.6 is 0 Å². The number of aryl methyl sites for hydroxylation is 1. The molecule has 1 unspecified atom stereocenters. The van der Waals surface area contributed by atoms with Gasteiger partial charge in [0.25, 0.3) is 0 Å². The topological polar surface area (TPSA) is 85.6 Å². The van der Waals surface area contributed by atoms with E-state index < -0.39 is 0 Å². The number of rotatable bonds is 9. The number of methoxy groups -OCH3 is 2. The van der Waals surface area contributed by atoms with E-state index in [1.165, 1.54) is 12.8 Å². The van der Waals surface area contributed by atoms with Crippen LogP contribution in [-0.4, -0.2) is 60.7 Å². The molecular formula is C18H32N6O2. The minimum Gasteiger partial charge on any atom is -0.385 e. The van der Waals surface area contributed by atoms with Gasteiger partial charge < -0.3 is 20.1 Å². The maximum absolute atomic E-state index is 5.24. The third kappa shape index (κ3) is 4.94. The maximum Gasteiger partial charge on any atom is 0.191 e. The highest BCUT2D eigenvalue weighted by molar-refractivity contribution is 5.80. The summed E-state index contributed by atoms with van der Waals surface area (Å²) in [5.41, 5.74) is 0.360. The third-order valence-corrected chi connectivity index (χ3v) is 5.23. The Kier molecular flexibility index (Phi) is 6.48. The van der Waals surface area contributed by atoms with Crippen molar-refractivity contribution in [3.8, 4) is 0 Å². The molecule has 8 nitrogen and oxygen atoms in total. The number of fused-ring (bicyclic) bond motifs is 1. The van der Waals surface area contributed by atoms with Gasteiger partial charge in [0.2, 0.25) is 0 Å². The van der Waals surface area contributed by atoms with Crippen LogP contribution in [0.4, 0.5) is 0 Å². The largest absolute Gasteiger partial charge is 0.385 e. The zero-order valence-corrected chi connectivity index (χ0v) is 16.3. The molecule has 0 aromatic carbocycles. The standard InChI is InChI=1S/C18H32N6O2/c1-4-19-17(20-13-18(7-8-18)9-10-25-2)21-14-5-6-16-22-15(12-26-3)23-24(16)11-14/h14H,4-13H2,1-3H3,(H2,19,20,21). The summed E-state index contributed by atoms with van der Waals surface area (Å²) in [5, 5.41) is 11.5.